The molecule has 2 rings (SSSR count). The van der Waals surface area contributed by atoms with E-state index in [0.29, 0.717) is 16.4 Å². The van der Waals surface area contributed by atoms with Crippen LogP contribution in [0.25, 0.3) is 0 Å². The minimum atomic E-state index is -0.556. The van der Waals surface area contributed by atoms with E-state index in [-0.39, 0.29) is 35.3 Å². The Labute approximate surface area is 135 Å². The van der Waals surface area contributed by atoms with E-state index in [0.717, 1.165) is 12.8 Å². The molecule has 110 valence electrons. The minimum absolute atomic E-state index is 0.0140. The van der Waals surface area contributed by atoms with Crippen LogP contribution in [0, 0.1) is 30.9 Å². The molecule has 7 heteroatoms. The van der Waals surface area contributed by atoms with Crippen LogP contribution < -0.4 is 4.74 Å². The number of ketones is 1. The molecule has 0 amide bonds. The zero-order valence-electron chi connectivity index (χ0n) is 11.2. The van der Waals surface area contributed by atoms with Gasteiger partial charge in [0.05, 0.1) is 26.7 Å². The summed E-state index contributed by atoms with van der Waals surface area (Å²) in [5.41, 5.74) is 0.0145. The van der Waals surface area contributed by atoms with Gasteiger partial charge in [0.1, 0.15) is 5.78 Å². The number of ether oxygens (including phenoxy) is 1. The summed E-state index contributed by atoms with van der Waals surface area (Å²) in [6.07, 6.45) is 2.98. The SMILES string of the molecule is N#Cc1cc(I)c(OCCC2CCCC2=O)c([N+](=O)[O-])c1. The van der Waals surface area contributed by atoms with Crippen molar-refractivity contribution in [3.63, 3.8) is 0 Å². The van der Waals surface area contributed by atoms with Crippen molar-refractivity contribution in [1.29, 1.82) is 5.26 Å². The molecule has 0 saturated heterocycles. The lowest BCUT2D eigenvalue weighted by Gasteiger charge is -2.11. The van der Waals surface area contributed by atoms with Gasteiger partial charge in [-0.3, -0.25) is 14.9 Å². The average Bonchev–Trinajstić information content (AvgIpc) is 2.85. The summed E-state index contributed by atoms with van der Waals surface area (Å²) in [5, 5.41) is 19.9. The Balaban J connectivity index is 2.10. The van der Waals surface area contributed by atoms with Crippen molar-refractivity contribution in [2.75, 3.05) is 6.61 Å². The number of halogens is 1. The van der Waals surface area contributed by atoms with Crippen molar-refractivity contribution < 1.29 is 14.5 Å². The largest absolute Gasteiger partial charge is 0.486 e. The fourth-order valence-corrected chi connectivity index (χ4v) is 3.19. The summed E-state index contributed by atoms with van der Waals surface area (Å²) in [6, 6.07) is 4.64. The molecule has 6 nitrogen and oxygen atoms in total. The molecule has 0 N–H and O–H groups in total. The van der Waals surface area contributed by atoms with Crippen LogP contribution in [0.2, 0.25) is 0 Å². The van der Waals surface area contributed by atoms with Crippen molar-refractivity contribution in [3.05, 3.63) is 31.4 Å². The molecule has 1 aliphatic carbocycles. The first-order valence-corrected chi connectivity index (χ1v) is 7.64. The predicted molar refractivity (Wildman–Crippen MR) is 83.0 cm³/mol. The van der Waals surface area contributed by atoms with Crippen LogP contribution in [0.5, 0.6) is 5.75 Å². The van der Waals surface area contributed by atoms with Crippen LogP contribution in [0.1, 0.15) is 31.2 Å². The van der Waals surface area contributed by atoms with Crippen molar-refractivity contribution in [2.45, 2.75) is 25.7 Å². The van der Waals surface area contributed by atoms with E-state index < -0.39 is 4.92 Å². The second-order valence-corrected chi connectivity index (χ2v) is 6.03. The molecule has 0 radical (unpaired) electrons. The number of Topliss-reactive ketones (excluding diaryl/α,β-unsaturated/α-hetero) is 1. The lowest BCUT2D eigenvalue weighted by Crippen LogP contribution is -2.12. The zero-order chi connectivity index (χ0) is 15.4. The van der Waals surface area contributed by atoms with Gasteiger partial charge in [-0.15, -0.1) is 0 Å². The van der Waals surface area contributed by atoms with E-state index in [9.17, 15) is 14.9 Å². The lowest BCUT2D eigenvalue weighted by molar-refractivity contribution is -0.386. The molecule has 1 aromatic rings. The number of carbonyl (C=O) groups is 1. The fourth-order valence-electron chi connectivity index (χ4n) is 2.42. The molecule has 1 unspecified atom stereocenters. The van der Waals surface area contributed by atoms with E-state index in [1.54, 1.807) is 6.07 Å². The van der Waals surface area contributed by atoms with Crippen LogP contribution in [0.15, 0.2) is 12.1 Å². The summed E-state index contributed by atoms with van der Waals surface area (Å²) in [6.45, 7) is 0.263. The van der Waals surface area contributed by atoms with Gasteiger partial charge in [0.25, 0.3) is 0 Å². The molecule has 1 fully saturated rings. The topological polar surface area (TPSA) is 93.2 Å². The molecular formula is C14H13IN2O4. The number of nitrogens with zero attached hydrogens (tertiary/aromatic N) is 2. The van der Waals surface area contributed by atoms with Gasteiger partial charge in [-0.25, -0.2) is 0 Å². The second-order valence-electron chi connectivity index (χ2n) is 4.87. The number of hydrogen-bond donors (Lipinski definition) is 0. The highest BCUT2D eigenvalue weighted by Gasteiger charge is 2.25. The molecule has 1 saturated carbocycles. The highest BCUT2D eigenvalue weighted by molar-refractivity contribution is 14.1. The summed E-state index contributed by atoms with van der Waals surface area (Å²) in [5.74, 6) is 0.438. The number of nitro benzene ring substituents is 1. The van der Waals surface area contributed by atoms with Gasteiger partial charge in [0.15, 0.2) is 0 Å². The normalized spacial score (nSPS) is 17.5. The smallest absolute Gasteiger partial charge is 0.313 e. The summed E-state index contributed by atoms with van der Waals surface area (Å²) >= 11 is 1.91. The first-order valence-electron chi connectivity index (χ1n) is 6.56. The molecule has 21 heavy (non-hydrogen) atoms. The maximum absolute atomic E-state index is 11.5. The molecule has 0 aliphatic heterocycles. The summed E-state index contributed by atoms with van der Waals surface area (Å²) in [7, 11) is 0. The fraction of sp³-hybridized carbons (Fsp3) is 0.429. The number of rotatable bonds is 5. The van der Waals surface area contributed by atoms with E-state index in [4.69, 9.17) is 10.00 Å². The third-order valence-corrected chi connectivity index (χ3v) is 4.29. The molecule has 0 aromatic heterocycles. The molecule has 0 spiro atoms. The van der Waals surface area contributed by atoms with Gasteiger partial charge in [0.2, 0.25) is 5.75 Å². The Hall–Kier alpha value is -1.69. The second kappa shape index (κ2) is 6.85. The first kappa shape index (κ1) is 15.7. The predicted octanol–water partition coefficient (Wildman–Crippen LogP) is 3.21. The van der Waals surface area contributed by atoms with Gasteiger partial charge in [-0.2, -0.15) is 5.26 Å². The minimum Gasteiger partial charge on any atom is -0.486 e. The number of carbonyl (C=O) groups excluding carboxylic acids is 1. The maximum atomic E-state index is 11.5. The Morgan fingerprint density at radius 3 is 2.86 bits per heavy atom. The third-order valence-electron chi connectivity index (χ3n) is 3.49. The molecule has 0 bridgehead atoms. The van der Waals surface area contributed by atoms with E-state index in [1.807, 2.05) is 28.7 Å². The Morgan fingerprint density at radius 1 is 1.52 bits per heavy atom. The quantitative estimate of drug-likeness (QED) is 0.430. The molecule has 1 aromatic carbocycles. The van der Waals surface area contributed by atoms with Crippen LogP contribution in [-0.2, 0) is 4.79 Å². The number of benzene rings is 1. The monoisotopic (exact) mass is 400 g/mol. The Morgan fingerprint density at radius 2 is 2.29 bits per heavy atom. The highest BCUT2D eigenvalue weighted by Crippen LogP contribution is 2.34. The number of nitriles is 1. The maximum Gasteiger partial charge on any atom is 0.313 e. The Bertz CT molecular complexity index is 624. The Kier molecular flexibility index (Phi) is 5.12. The van der Waals surface area contributed by atoms with Crippen molar-refractivity contribution in [2.24, 2.45) is 5.92 Å². The van der Waals surface area contributed by atoms with Crippen LogP contribution in [-0.4, -0.2) is 17.3 Å². The zero-order valence-corrected chi connectivity index (χ0v) is 13.3. The van der Waals surface area contributed by atoms with E-state index in [1.165, 1.54) is 6.07 Å². The molecule has 1 atom stereocenters. The van der Waals surface area contributed by atoms with Gasteiger partial charge in [-0.05, 0) is 47.9 Å². The summed E-state index contributed by atoms with van der Waals surface area (Å²) < 4.78 is 6.05. The third kappa shape index (κ3) is 3.69. The van der Waals surface area contributed by atoms with Crippen LogP contribution in [0.3, 0.4) is 0 Å². The lowest BCUT2D eigenvalue weighted by atomic mass is 10.0. The molecular weight excluding hydrogens is 387 g/mol. The first-order chi connectivity index (χ1) is 10.0. The van der Waals surface area contributed by atoms with E-state index in [2.05, 4.69) is 0 Å². The number of hydrogen-bond acceptors (Lipinski definition) is 5. The molecule has 0 heterocycles. The van der Waals surface area contributed by atoms with Crippen LogP contribution in [0.4, 0.5) is 5.69 Å². The van der Waals surface area contributed by atoms with E-state index >= 15 is 0 Å². The van der Waals surface area contributed by atoms with Crippen molar-refractivity contribution in [3.8, 4) is 11.8 Å². The van der Waals surface area contributed by atoms with Crippen molar-refractivity contribution >= 4 is 34.1 Å². The molecule has 1 aliphatic rings. The van der Waals surface area contributed by atoms with Gasteiger partial charge in [-0.1, -0.05) is 0 Å². The highest BCUT2D eigenvalue weighted by atomic mass is 127. The summed E-state index contributed by atoms with van der Waals surface area (Å²) in [4.78, 5) is 22.1. The van der Waals surface area contributed by atoms with Crippen molar-refractivity contribution in [1.82, 2.24) is 0 Å². The van der Waals surface area contributed by atoms with Gasteiger partial charge in [0, 0.05) is 18.4 Å². The standard InChI is InChI=1S/C14H13IN2O4/c15-11-6-9(8-16)7-12(17(19)20)14(11)21-5-4-10-2-1-3-13(10)18/h6-7,10H,1-5H2. The van der Waals surface area contributed by atoms with Gasteiger partial charge >= 0.3 is 5.69 Å². The van der Waals surface area contributed by atoms with Gasteiger partial charge < -0.3 is 4.74 Å². The van der Waals surface area contributed by atoms with Crippen LogP contribution >= 0.6 is 22.6 Å². The number of nitro groups is 1. The average molecular weight is 400 g/mol.